The first-order valence-corrected chi connectivity index (χ1v) is 12.1. The van der Waals surface area contributed by atoms with Crippen molar-refractivity contribution in [1.82, 2.24) is 4.90 Å². The lowest BCUT2D eigenvalue weighted by molar-refractivity contribution is -0.192. The number of nitrogens with zero attached hydrogens (tertiary/aromatic N) is 2. The summed E-state index contributed by atoms with van der Waals surface area (Å²) < 4.78 is 37.9. The topological polar surface area (TPSA) is 103 Å². The number of hydrogen-bond acceptors (Lipinski definition) is 6. The third-order valence-electron chi connectivity index (χ3n) is 5.43. The van der Waals surface area contributed by atoms with Crippen LogP contribution in [-0.2, 0) is 11.3 Å². The fraction of sp³-hybridized carbons (Fsp3) is 0.269. The molecule has 0 radical (unpaired) electrons. The molecule has 0 unspecified atom stereocenters. The van der Waals surface area contributed by atoms with E-state index in [1.165, 1.54) is 16.9 Å². The molecule has 3 aromatic rings. The van der Waals surface area contributed by atoms with Crippen molar-refractivity contribution in [1.29, 1.82) is 5.26 Å². The number of nitrogens with one attached hydrogen (secondary N) is 1. The Labute approximate surface area is 215 Å². The molecule has 0 spiro atoms. The number of thiophene rings is 1. The number of amides is 1. The van der Waals surface area contributed by atoms with Crippen LogP contribution < -0.4 is 10.1 Å². The number of piperidine rings is 1. The summed E-state index contributed by atoms with van der Waals surface area (Å²) in [4.78, 5) is 24.1. The molecule has 0 bridgehead atoms. The summed E-state index contributed by atoms with van der Waals surface area (Å²) in [6, 6.07) is 21.2. The van der Waals surface area contributed by atoms with Gasteiger partial charge < -0.3 is 15.2 Å². The molecule has 4 rings (SSSR count). The maximum atomic E-state index is 12.1. The first-order chi connectivity index (χ1) is 17.6. The van der Waals surface area contributed by atoms with Gasteiger partial charge in [0.15, 0.2) is 0 Å². The van der Waals surface area contributed by atoms with Crippen molar-refractivity contribution >= 4 is 28.9 Å². The predicted molar refractivity (Wildman–Crippen MR) is 132 cm³/mol. The quantitative estimate of drug-likeness (QED) is 0.433. The van der Waals surface area contributed by atoms with E-state index in [2.05, 4.69) is 16.3 Å². The molecule has 1 saturated heterocycles. The number of alkyl halides is 3. The number of ether oxygens (including phenoxy) is 1. The number of carboxylic acids is 1. The standard InChI is InChI=1S/C24H23N3O2S.C2HF3O2/c25-16-18-3-5-19(6-4-18)17-27-13-11-22(12-14-27)29-21-9-7-20(8-10-21)26-24(28)23-2-1-15-30-23;3-2(4,5)1(6)7/h1-10,15,22H,11-14,17H2,(H,26,28);(H,6,7). The molecule has 0 aliphatic carbocycles. The monoisotopic (exact) mass is 531 g/mol. The van der Waals surface area contributed by atoms with Gasteiger partial charge in [-0.25, -0.2) is 4.79 Å². The maximum Gasteiger partial charge on any atom is 0.490 e. The number of anilines is 1. The lowest BCUT2D eigenvalue weighted by Crippen LogP contribution is -2.37. The second-order valence-electron chi connectivity index (χ2n) is 8.16. The van der Waals surface area contributed by atoms with Crippen LogP contribution in [-0.4, -0.2) is 47.3 Å². The highest BCUT2D eigenvalue weighted by molar-refractivity contribution is 7.12. The van der Waals surface area contributed by atoms with Gasteiger partial charge in [-0.05, 0) is 66.2 Å². The van der Waals surface area contributed by atoms with E-state index < -0.39 is 12.1 Å². The van der Waals surface area contributed by atoms with Gasteiger partial charge in [-0.3, -0.25) is 9.69 Å². The number of carboxylic acid groups (broad SMARTS) is 1. The fourth-order valence-corrected chi connectivity index (χ4v) is 4.16. The zero-order valence-corrected chi connectivity index (χ0v) is 20.4. The Morgan fingerprint density at radius 3 is 2.22 bits per heavy atom. The zero-order chi connectivity index (χ0) is 26.8. The van der Waals surface area contributed by atoms with Crippen molar-refractivity contribution in [2.24, 2.45) is 0 Å². The van der Waals surface area contributed by atoms with Crippen molar-refractivity contribution < 1.29 is 32.6 Å². The van der Waals surface area contributed by atoms with Gasteiger partial charge >= 0.3 is 12.1 Å². The van der Waals surface area contributed by atoms with Crippen LogP contribution >= 0.6 is 11.3 Å². The van der Waals surface area contributed by atoms with Gasteiger partial charge in [-0.15, -0.1) is 11.3 Å². The van der Waals surface area contributed by atoms with Gasteiger partial charge in [-0.1, -0.05) is 18.2 Å². The van der Waals surface area contributed by atoms with E-state index in [1.54, 1.807) is 0 Å². The molecule has 0 saturated carbocycles. The number of carbonyl (C=O) groups is 2. The van der Waals surface area contributed by atoms with Gasteiger partial charge in [-0.2, -0.15) is 18.4 Å². The lowest BCUT2D eigenvalue weighted by Gasteiger charge is -2.32. The molecule has 194 valence electrons. The van der Waals surface area contributed by atoms with Crippen LogP contribution in [0, 0.1) is 11.3 Å². The zero-order valence-electron chi connectivity index (χ0n) is 19.6. The molecule has 2 N–H and O–H groups in total. The van der Waals surface area contributed by atoms with Crippen LogP contribution in [0.1, 0.15) is 33.6 Å². The Morgan fingerprint density at radius 2 is 1.70 bits per heavy atom. The molecule has 1 aromatic heterocycles. The van der Waals surface area contributed by atoms with Crippen molar-refractivity contribution in [2.45, 2.75) is 31.7 Å². The fourth-order valence-electron chi connectivity index (χ4n) is 3.54. The van der Waals surface area contributed by atoms with Gasteiger partial charge in [0.25, 0.3) is 5.91 Å². The minimum absolute atomic E-state index is 0.0895. The molecule has 1 aliphatic heterocycles. The summed E-state index contributed by atoms with van der Waals surface area (Å²) in [6.45, 7) is 2.87. The molecule has 11 heteroatoms. The van der Waals surface area contributed by atoms with Crippen molar-refractivity contribution in [2.75, 3.05) is 18.4 Å². The molecule has 7 nitrogen and oxygen atoms in total. The predicted octanol–water partition coefficient (Wildman–Crippen LogP) is 5.55. The molecule has 1 fully saturated rings. The van der Waals surface area contributed by atoms with Crippen molar-refractivity contribution in [3.05, 3.63) is 82.0 Å². The van der Waals surface area contributed by atoms with Gasteiger partial charge in [0.1, 0.15) is 11.9 Å². The third-order valence-corrected chi connectivity index (χ3v) is 6.29. The highest BCUT2D eigenvalue weighted by atomic mass is 32.1. The molecular formula is C26H24F3N3O4S. The summed E-state index contributed by atoms with van der Waals surface area (Å²) >= 11 is 1.43. The smallest absolute Gasteiger partial charge is 0.490 e. The van der Waals surface area contributed by atoms with E-state index in [9.17, 15) is 18.0 Å². The number of aliphatic carboxylic acids is 1. The summed E-state index contributed by atoms with van der Waals surface area (Å²) in [6.07, 6.45) is -2.92. The Bertz CT molecular complexity index is 1200. The average Bonchev–Trinajstić information content (AvgIpc) is 3.42. The number of benzene rings is 2. The summed E-state index contributed by atoms with van der Waals surface area (Å²) in [5, 5.41) is 20.8. The minimum atomic E-state index is -5.08. The largest absolute Gasteiger partial charge is 0.490 e. The summed E-state index contributed by atoms with van der Waals surface area (Å²) in [5.74, 6) is -2.02. The van der Waals surface area contributed by atoms with Gasteiger partial charge in [0.2, 0.25) is 0 Å². The van der Waals surface area contributed by atoms with E-state index in [1.807, 2.05) is 66.0 Å². The number of rotatable bonds is 6. The third kappa shape index (κ3) is 8.93. The van der Waals surface area contributed by atoms with E-state index in [0.717, 1.165) is 43.9 Å². The number of halogens is 3. The van der Waals surface area contributed by atoms with E-state index in [-0.39, 0.29) is 12.0 Å². The Balaban J connectivity index is 0.000000479. The normalized spacial score (nSPS) is 14.1. The van der Waals surface area contributed by atoms with Gasteiger partial charge in [0, 0.05) is 25.3 Å². The van der Waals surface area contributed by atoms with Crippen LogP contribution in [0.4, 0.5) is 18.9 Å². The summed E-state index contributed by atoms with van der Waals surface area (Å²) in [5.41, 5.74) is 2.69. The lowest BCUT2D eigenvalue weighted by atomic mass is 10.1. The number of likely N-dealkylation sites (tertiary alicyclic amines) is 1. The molecule has 37 heavy (non-hydrogen) atoms. The SMILES string of the molecule is N#Cc1ccc(CN2CCC(Oc3ccc(NC(=O)c4cccs4)cc3)CC2)cc1.O=C(O)C(F)(F)F. The molecule has 1 amide bonds. The Morgan fingerprint density at radius 1 is 1.08 bits per heavy atom. The maximum absolute atomic E-state index is 12.1. The van der Waals surface area contributed by atoms with Crippen LogP contribution in [0.3, 0.4) is 0 Å². The average molecular weight is 532 g/mol. The van der Waals surface area contributed by atoms with Crippen molar-refractivity contribution in [3.63, 3.8) is 0 Å². The summed E-state index contributed by atoms with van der Waals surface area (Å²) in [7, 11) is 0. The van der Waals surface area contributed by atoms with Crippen LogP contribution in [0.15, 0.2) is 66.0 Å². The Kier molecular flexibility index (Phi) is 9.65. The number of carbonyl (C=O) groups excluding carboxylic acids is 1. The van der Waals surface area contributed by atoms with Gasteiger partial charge in [0.05, 0.1) is 16.5 Å². The highest BCUT2D eigenvalue weighted by Gasteiger charge is 2.38. The first-order valence-electron chi connectivity index (χ1n) is 11.3. The van der Waals surface area contributed by atoms with E-state index >= 15 is 0 Å². The molecule has 0 atom stereocenters. The number of nitriles is 1. The Hall–Kier alpha value is -3.88. The van der Waals surface area contributed by atoms with Crippen LogP contribution in [0.2, 0.25) is 0 Å². The van der Waals surface area contributed by atoms with E-state index in [4.69, 9.17) is 19.9 Å². The highest BCUT2D eigenvalue weighted by Crippen LogP contribution is 2.23. The first kappa shape index (κ1) is 27.7. The van der Waals surface area contributed by atoms with Crippen LogP contribution in [0.25, 0.3) is 0 Å². The second kappa shape index (κ2) is 12.9. The molecule has 1 aliphatic rings. The minimum Gasteiger partial charge on any atom is -0.490 e. The van der Waals surface area contributed by atoms with Crippen LogP contribution in [0.5, 0.6) is 5.75 Å². The molecule has 2 aromatic carbocycles. The van der Waals surface area contributed by atoms with Crippen molar-refractivity contribution in [3.8, 4) is 11.8 Å². The molecular weight excluding hydrogens is 507 g/mol. The number of hydrogen-bond donors (Lipinski definition) is 2. The molecule has 2 heterocycles. The van der Waals surface area contributed by atoms with E-state index in [0.29, 0.717) is 10.4 Å². The second-order valence-corrected chi connectivity index (χ2v) is 9.11.